The Balaban J connectivity index is 1.78. The molecule has 1 N–H and O–H groups in total. The monoisotopic (exact) mass is 339 g/mol. The molecular formula is C16H25N3O3S. The Morgan fingerprint density at radius 1 is 1.13 bits per heavy atom. The molecule has 0 aromatic heterocycles. The maximum Gasteiger partial charge on any atom is 0.221 e. The summed E-state index contributed by atoms with van der Waals surface area (Å²) in [7, 11) is -3.05. The van der Waals surface area contributed by atoms with E-state index in [0.29, 0.717) is 13.1 Å². The van der Waals surface area contributed by atoms with Gasteiger partial charge >= 0.3 is 0 Å². The van der Waals surface area contributed by atoms with Gasteiger partial charge in [-0.3, -0.25) is 4.79 Å². The first-order valence-corrected chi connectivity index (χ1v) is 9.58. The van der Waals surface area contributed by atoms with E-state index in [2.05, 4.69) is 10.2 Å². The topological polar surface area (TPSA) is 69.7 Å². The van der Waals surface area contributed by atoms with Crippen molar-refractivity contribution in [1.29, 1.82) is 0 Å². The lowest BCUT2D eigenvalue weighted by Crippen LogP contribution is -2.49. The minimum absolute atomic E-state index is 0.0716. The van der Waals surface area contributed by atoms with Crippen LogP contribution in [0.15, 0.2) is 24.3 Å². The lowest BCUT2D eigenvalue weighted by molar-refractivity contribution is -0.114. The maximum atomic E-state index is 11.8. The second-order valence-corrected chi connectivity index (χ2v) is 8.03. The number of amides is 1. The predicted octanol–water partition coefficient (Wildman–Crippen LogP) is 1.15. The summed E-state index contributed by atoms with van der Waals surface area (Å²) in [5, 5.41) is 2.75. The third-order valence-corrected chi connectivity index (χ3v) is 5.96. The number of hydrogen-bond acceptors (Lipinski definition) is 4. The van der Waals surface area contributed by atoms with Crippen molar-refractivity contribution in [2.75, 3.05) is 43.8 Å². The molecule has 7 heteroatoms. The number of anilines is 1. The highest BCUT2D eigenvalue weighted by molar-refractivity contribution is 7.89. The van der Waals surface area contributed by atoms with Gasteiger partial charge in [0.15, 0.2) is 0 Å². The smallest absolute Gasteiger partial charge is 0.221 e. The van der Waals surface area contributed by atoms with Gasteiger partial charge in [-0.05, 0) is 31.0 Å². The summed E-state index contributed by atoms with van der Waals surface area (Å²) >= 11 is 0. The molecule has 1 saturated heterocycles. The van der Waals surface area contributed by atoms with Crippen molar-refractivity contribution in [2.45, 2.75) is 20.3 Å². The van der Waals surface area contributed by atoms with Gasteiger partial charge in [0.1, 0.15) is 0 Å². The fourth-order valence-electron chi connectivity index (χ4n) is 2.66. The second-order valence-electron chi connectivity index (χ2n) is 5.77. The van der Waals surface area contributed by atoms with Gasteiger partial charge in [-0.2, -0.15) is 4.31 Å². The number of nitrogens with one attached hydrogen (secondary N) is 1. The summed E-state index contributed by atoms with van der Waals surface area (Å²) in [6.45, 7) is 6.82. The van der Waals surface area contributed by atoms with Crippen LogP contribution in [0.25, 0.3) is 0 Å². The zero-order chi connectivity index (χ0) is 16.9. The summed E-state index contributed by atoms with van der Waals surface area (Å²) in [5.74, 6) is 0.103. The van der Waals surface area contributed by atoms with Crippen molar-refractivity contribution >= 4 is 21.6 Å². The lowest BCUT2D eigenvalue weighted by atomic mass is 10.1. The van der Waals surface area contributed by atoms with Crippen molar-refractivity contribution in [3.63, 3.8) is 0 Å². The Morgan fingerprint density at radius 2 is 1.74 bits per heavy atom. The molecular weight excluding hydrogens is 314 g/mol. The first-order valence-electron chi connectivity index (χ1n) is 7.97. The highest BCUT2D eigenvalue weighted by Gasteiger charge is 2.24. The number of sulfonamides is 1. The number of rotatable bonds is 6. The number of carbonyl (C=O) groups excluding carboxylic acids is 1. The first kappa shape index (κ1) is 17.9. The molecule has 0 atom stereocenters. The lowest BCUT2D eigenvalue weighted by Gasteiger charge is -2.33. The Morgan fingerprint density at radius 3 is 2.26 bits per heavy atom. The number of piperazine rings is 1. The molecule has 0 bridgehead atoms. The van der Waals surface area contributed by atoms with Gasteiger partial charge in [-0.15, -0.1) is 0 Å². The third kappa shape index (κ3) is 5.30. The van der Waals surface area contributed by atoms with Crippen molar-refractivity contribution in [2.24, 2.45) is 0 Å². The zero-order valence-electron chi connectivity index (χ0n) is 13.8. The second kappa shape index (κ2) is 7.90. The highest BCUT2D eigenvalue weighted by atomic mass is 32.2. The van der Waals surface area contributed by atoms with Crippen LogP contribution in [-0.2, 0) is 21.2 Å². The van der Waals surface area contributed by atoms with E-state index < -0.39 is 10.0 Å². The fourth-order valence-corrected chi connectivity index (χ4v) is 3.74. The Kier molecular flexibility index (Phi) is 6.15. The molecule has 1 amide bonds. The molecule has 2 rings (SSSR count). The summed E-state index contributed by atoms with van der Waals surface area (Å²) in [6, 6.07) is 7.84. The molecule has 1 fully saturated rings. The molecule has 6 nitrogen and oxygen atoms in total. The minimum Gasteiger partial charge on any atom is -0.326 e. The van der Waals surface area contributed by atoms with Crippen LogP contribution in [0.5, 0.6) is 0 Å². The largest absolute Gasteiger partial charge is 0.326 e. The molecule has 0 unspecified atom stereocenters. The van der Waals surface area contributed by atoms with E-state index in [4.69, 9.17) is 0 Å². The molecule has 1 heterocycles. The van der Waals surface area contributed by atoms with Gasteiger partial charge < -0.3 is 10.2 Å². The molecule has 0 aliphatic carbocycles. The molecule has 0 radical (unpaired) electrons. The standard InChI is InChI=1S/C16H25N3O3S/c1-3-23(21,22)19-12-10-18(11-13-19)9-8-15-4-6-16(7-5-15)17-14(2)20/h4-7H,3,8-13H2,1-2H3,(H,17,20). The van der Waals surface area contributed by atoms with Gasteiger partial charge in [-0.1, -0.05) is 12.1 Å². The number of hydrogen-bond donors (Lipinski definition) is 1. The minimum atomic E-state index is -3.05. The molecule has 1 aromatic carbocycles. The highest BCUT2D eigenvalue weighted by Crippen LogP contribution is 2.12. The quantitative estimate of drug-likeness (QED) is 0.844. The van der Waals surface area contributed by atoms with E-state index in [-0.39, 0.29) is 11.7 Å². The van der Waals surface area contributed by atoms with Crippen LogP contribution >= 0.6 is 0 Å². The summed E-state index contributed by atoms with van der Waals surface area (Å²) in [6.07, 6.45) is 0.918. The normalized spacial score (nSPS) is 17.1. The van der Waals surface area contributed by atoms with Crippen LogP contribution in [0, 0.1) is 0 Å². The van der Waals surface area contributed by atoms with Crippen LogP contribution in [-0.4, -0.2) is 62.0 Å². The number of benzene rings is 1. The van der Waals surface area contributed by atoms with Gasteiger partial charge in [-0.25, -0.2) is 8.42 Å². The van der Waals surface area contributed by atoms with E-state index in [1.54, 1.807) is 11.2 Å². The molecule has 1 aromatic rings. The Hall–Kier alpha value is -1.44. The molecule has 1 aliphatic heterocycles. The van der Waals surface area contributed by atoms with Crippen molar-refractivity contribution in [1.82, 2.24) is 9.21 Å². The Labute approximate surface area is 138 Å². The van der Waals surface area contributed by atoms with Gasteiger partial charge in [0.2, 0.25) is 15.9 Å². The van der Waals surface area contributed by atoms with Crippen molar-refractivity contribution in [3.8, 4) is 0 Å². The molecule has 1 aliphatic rings. The predicted molar refractivity (Wildman–Crippen MR) is 91.9 cm³/mol. The molecule has 23 heavy (non-hydrogen) atoms. The number of carbonyl (C=O) groups is 1. The van der Waals surface area contributed by atoms with E-state index in [0.717, 1.165) is 31.7 Å². The van der Waals surface area contributed by atoms with Crippen LogP contribution in [0.1, 0.15) is 19.4 Å². The Bertz CT molecular complexity index is 620. The van der Waals surface area contributed by atoms with Crippen LogP contribution < -0.4 is 5.32 Å². The van der Waals surface area contributed by atoms with E-state index in [1.807, 2.05) is 24.3 Å². The first-order chi connectivity index (χ1) is 10.9. The zero-order valence-corrected chi connectivity index (χ0v) is 14.6. The molecule has 0 spiro atoms. The summed E-state index contributed by atoms with van der Waals surface area (Å²) in [5.41, 5.74) is 2.02. The average Bonchev–Trinajstić information content (AvgIpc) is 2.54. The maximum absolute atomic E-state index is 11.8. The fraction of sp³-hybridized carbons (Fsp3) is 0.562. The summed E-state index contributed by atoms with van der Waals surface area (Å²) in [4.78, 5) is 13.3. The van der Waals surface area contributed by atoms with E-state index in [1.165, 1.54) is 12.5 Å². The summed E-state index contributed by atoms with van der Waals surface area (Å²) < 4.78 is 25.2. The van der Waals surface area contributed by atoms with Gasteiger partial charge in [0, 0.05) is 45.3 Å². The third-order valence-electron chi connectivity index (χ3n) is 4.08. The van der Waals surface area contributed by atoms with Gasteiger partial charge in [0.05, 0.1) is 5.75 Å². The van der Waals surface area contributed by atoms with Crippen molar-refractivity contribution in [3.05, 3.63) is 29.8 Å². The molecule has 0 saturated carbocycles. The van der Waals surface area contributed by atoms with Crippen LogP contribution in [0.3, 0.4) is 0 Å². The van der Waals surface area contributed by atoms with E-state index in [9.17, 15) is 13.2 Å². The number of nitrogens with zero attached hydrogens (tertiary/aromatic N) is 2. The van der Waals surface area contributed by atoms with Crippen molar-refractivity contribution < 1.29 is 13.2 Å². The average molecular weight is 339 g/mol. The van der Waals surface area contributed by atoms with Gasteiger partial charge in [0.25, 0.3) is 0 Å². The van der Waals surface area contributed by atoms with Crippen LogP contribution in [0.2, 0.25) is 0 Å². The van der Waals surface area contributed by atoms with E-state index >= 15 is 0 Å². The SMILES string of the molecule is CCS(=O)(=O)N1CCN(CCc2ccc(NC(C)=O)cc2)CC1. The molecule has 128 valence electrons. The van der Waals surface area contributed by atoms with Crippen LogP contribution in [0.4, 0.5) is 5.69 Å².